The van der Waals surface area contributed by atoms with Crippen LogP contribution in [0.15, 0.2) is 24.3 Å². The zero-order valence-corrected chi connectivity index (χ0v) is 20.4. The Balaban J connectivity index is 0. The molecule has 34 heavy (non-hydrogen) atoms. The fraction of sp³-hybridized carbons (Fsp3) is 0.652. The van der Waals surface area contributed by atoms with Crippen molar-refractivity contribution in [1.29, 1.82) is 0 Å². The van der Waals surface area contributed by atoms with E-state index in [2.05, 4.69) is 32.7 Å². The van der Waals surface area contributed by atoms with Crippen molar-refractivity contribution in [3.8, 4) is 0 Å². The third-order valence-electron chi connectivity index (χ3n) is 5.01. The van der Waals surface area contributed by atoms with Gasteiger partial charge in [-0.3, -0.25) is 0 Å². The van der Waals surface area contributed by atoms with Gasteiger partial charge in [-0.25, -0.2) is 19.2 Å². The fourth-order valence-corrected chi connectivity index (χ4v) is 3.28. The molecule has 1 saturated carbocycles. The number of nitrogens with zero attached hydrogens (tertiary/aromatic N) is 1. The molecule has 1 aliphatic rings. The van der Waals surface area contributed by atoms with Crippen molar-refractivity contribution < 1.29 is 44.3 Å². The molecule has 0 saturated heterocycles. The zero-order chi connectivity index (χ0) is 26.7. The summed E-state index contributed by atoms with van der Waals surface area (Å²) in [4.78, 5) is 40.5. The first kappa shape index (κ1) is 33.4. The van der Waals surface area contributed by atoms with Gasteiger partial charge < -0.3 is 35.8 Å². The zero-order valence-electron chi connectivity index (χ0n) is 20.4. The van der Waals surface area contributed by atoms with Gasteiger partial charge in [0.2, 0.25) is 0 Å². The minimum atomic E-state index is -1.26. The minimum absolute atomic E-state index is 0.472. The maximum atomic E-state index is 9.55. The molecule has 1 rings (SSSR count). The predicted octanol–water partition coefficient (Wildman–Crippen LogP) is 1.78. The normalized spacial score (nSPS) is 19.9. The molecule has 11 nitrogen and oxygen atoms in total. The molecule has 1 fully saturated rings. The highest BCUT2D eigenvalue weighted by atomic mass is 16.5. The van der Waals surface area contributed by atoms with E-state index in [1.807, 2.05) is 0 Å². The molecule has 3 atom stereocenters. The van der Waals surface area contributed by atoms with Crippen LogP contribution in [0.2, 0.25) is 0 Å². The van der Waals surface area contributed by atoms with Crippen LogP contribution in [-0.4, -0.2) is 88.6 Å². The molecule has 0 radical (unpaired) electrons. The van der Waals surface area contributed by atoms with Crippen LogP contribution in [0.4, 0.5) is 0 Å². The van der Waals surface area contributed by atoms with Crippen molar-refractivity contribution in [2.24, 2.45) is 23.5 Å². The van der Waals surface area contributed by atoms with Gasteiger partial charge in [0.15, 0.2) is 0 Å². The molecule has 0 aromatic rings. The Labute approximate surface area is 200 Å². The number of rotatable bonds is 11. The summed E-state index contributed by atoms with van der Waals surface area (Å²) in [5.74, 6) is -2.71. The molecule has 0 bridgehead atoms. The second-order valence-electron chi connectivity index (χ2n) is 8.35. The minimum Gasteiger partial charge on any atom is -0.478 e. The summed E-state index contributed by atoms with van der Waals surface area (Å²) >= 11 is 0. The number of aliphatic carboxylic acids is 4. The first-order valence-corrected chi connectivity index (χ1v) is 11.1. The third-order valence-corrected chi connectivity index (χ3v) is 5.01. The number of likely N-dealkylation sites (N-methyl/N-ethyl adjacent to an activating group) is 1. The predicted molar refractivity (Wildman–Crippen MR) is 126 cm³/mol. The van der Waals surface area contributed by atoms with E-state index >= 15 is 0 Å². The SMILES string of the molecule is CC(C)[C@@H]1CC[C@@H](C)C[C@H]1OCCN(C)CCN.O=C(O)/C=C/C(=O)O.O=C(O)/C=C/C(=O)O. The molecule has 0 unspecified atom stereocenters. The molecule has 0 heterocycles. The highest BCUT2D eigenvalue weighted by Gasteiger charge is 2.31. The molecule has 1 aliphatic carbocycles. The van der Waals surface area contributed by atoms with Crippen molar-refractivity contribution in [3.63, 3.8) is 0 Å². The average Bonchev–Trinajstić information content (AvgIpc) is 2.72. The number of carboxylic acids is 4. The molecule has 0 aromatic carbocycles. The van der Waals surface area contributed by atoms with Crippen LogP contribution in [0.1, 0.15) is 40.0 Å². The summed E-state index contributed by atoms with van der Waals surface area (Å²) in [5, 5.41) is 31.2. The lowest BCUT2D eigenvalue weighted by Gasteiger charge is -2.37. The Hall–Kier alpha value is -2.76. The molecule has 196 valence electrons. The van der Waals surface area contributed by atoms with E-state index in [1.54, 1.807) is 0 Å². The smallest absolute Gasteiger partial charge is 0.328 e. The van der Waals surface area contributed by atoms with E-state index in [0.717, 1.165) is 44.0 Å². The van der Waals surface area contributed by atoms with Crippen LogP contribution in [-0.2, 0) is 23.9 Å². The number of carbonyl (C=O) groups is 4. The van der Waals surface area contributed by atoms with Gasteiger partial charge in [0.1, 0.15) is 0 Å². The Morgan fingerprint density at radius 3 is 1.71 bits per heavy atom. The summed E-state index contributed by atoms with van der Waals surface area (Å²) in [6.07, 6.45) is 6.65. The molecule has 11 heteroatoms. The topological polar surface area (TPSA) is 188 Å². The lowest BCUT2D eigenvalue weighted by Crippen LogP contribution is -2.36. The number of carboxylic acid groups (broad SMARTS) is 4. The van der Waals surface area contributed by atoms with Gasteiger partial charge in [-0.1, -0.05) is 27.2 Å². The van der Waals surface area contributed by atoms with Crippen molar-refractivity contribution in [1.82, 2.24) is 4.90 Å². The van der Waals surface area contributed by atoms with E-state index in [1.165, 1.54) is 19.3 Å². The summed E-state index contributed by atoms with van der Waals surface area (Å²) in [5.41, 5.74) is 5.54. The van der Waals surface area contributed by atoms with Crippen LogP contribution >= 0.6 is 0 Å². The Bertz CT molecular complexity index is 611. The molecule has 0 aromatic heterocycles. The van der Waals surface area contributed by atoms with Gasteiger partial charge in [0, 0.05) is 43.9 Å². The lowest BCUT2D eigenvalue weighted by molar-refractivity contribution is -0.134. The standard InChI is InChI=1S/C15H32N2O.2C4H4O4/c1-12(2)14-6-5-13(3)11-15(14)18-10-9-17(4)8-7-16;2*5-3(6)1-2-4(7)8/h12-15H,5-11,16H2,1-4H3;2*1-2H,(H,5,6)(H,7,8)/b;2*2-1+/t13-,14+,15-;;/m1../s1. The second-order valence-corrected chi connectivity index (χ2v) is 8.35. The van der Waals surface area contributed by atoms with Gasteiger partial charge in [0.05, 0.1) is 12.7 Å². The first-order chi connectivity index (χ1) is 15.8. The monoisotopic (exact) mass is 488 g/mol. The fourth-order valence-electron chi connectivity index (χ4n) is 3.28. The lowest BCUT2D eigenvalue weighted by atomic mass is 9.75. The highest BCUT2D eigenvalue weighted by molar-refractivity contribution is 5.90. The molecule has 6 N–H and O–H groups in total. The highest BCUT2D eigenvalue weighted by Crippen LogP contribution is 2.35. The quantitative estimate of drug-likeness (QED) is 0.267. The van der Waals surface area contributed by atoms with Crippen LogP contribution in [0, 0.1) is 17.8 Å². The van der Waals surface area contributed by atoms with Crippen LogP contribution in [0.5, 0.6) is 0 Å². The van der Waals surface area contributed by atoms with Gasteiger partial charge in [-0.2, -0.15) is 0 Å². The maximum Gasteiger partial charge on any atom is 0.328 e. The number of nitrogens with two attached hydrogens (primary N) is 1. The number of hydrogen-bond acceptors (Lipinski definition) is 7. The van der Waals surface area contributed by atoms with Crippen LogP contribution in [0.3, 0.4) is 0 Å². The molecular weight excluding hydrogens is 448 g/mol. The van der Waals surface area contributed by atoms with Gasteiger partial charge in [-0.15, -0.1) is 0 Å². The Kier molecular flexibility index (Phi) is 19.3. The van der Waals surface area contributed by atoms with Crippen molar-refractivity contribution in [2.75, 3.05) is 33.3 Å². The molecule has 0 spiro atoms. The van der Waals surface area contributed by atoms with Crippen molar-refractivity contribution in [2.45, 2.75) is 46.1 Å². The third kappa shape index (κ3) is 21.1. The van der Waals surface area contributed by atoms with Crippen LogP contribution in [0.25, 0.3) is 0 Å². The second kappa shape index (κ2) is 19.7. The molecular formula is C23H40N2O9. The largest absolute Gasteiger partial charge is 0.478 e. The van der Waals surface area contributed by atoms with Gasteiger partial charge >= 0.3 is 23.9 Å². The molecule has 0 aliphatic heterocycles. The van der Waals surface area contributed by atoms with Crippen LogP contribution < -0.4 is 5.73 Å². The van der Waals surface area contributed by atoms with Crippen molar-refractivity contribution in [3.05, 3.63) is 24.3 Å². The van der Waals surface area contributed by atoms with E-state index in [-0.39, 0.29) is 0 Å². The summed E-state index contributed by atoms with van der Waals surface area (Å²) < 4.78 is 6.16. The van der Waals surface area contributed by atoms with E-state index in [4.69, 9.17) is 30.9 Å². The average molecular weight is 489 g/mol. The Morgan fingerprint density at radius 1 is 0.912 bits per heavy atom. The number of ether oxygens (including phenoxy) is 1. The van der Waals surface area contributed by atoms with Crippen molar-refractivity contribution >= 4 is 23.9 Å². The summed E-state index contributed by atoms with van der Waals surface area (Å²) in [7, 11) is 2.11. The Morgan fingerprint density at radius 2 is 1.35 bits per heavy atom. The molecule has 0 amide bonds. The van der Waals surface area contributed by atoms with Gasteiger partial charge in [0.25, 0.3) is 0 Å². The maximum absolute atomic E-state index is 9.55. The summed E-state index contributed by atoms with van der Waals surface area (Å²) in [6, 6.07) is 0. The number of hydrogen-bond donors (Lipinski definition) is 5. The van der Waals surface area contributed by atoms with Gasteiger partial charge in [-0.05, 0) is 37.6 Å². The van der Waals surface area contributed by atoms with E-state index < -0.39 is 23.9 Å². The first-order valence-electron chi connectivity index (χ1n) is 11.1. The van der Waals surface area contributed by atoms with E-state index in [0.29, 0.717) is 30.4 Å². The summed E-state index contributed by atoms with van der Waals surface area (Å²) in [6.45, 7) is 10.5. The van der Waals surface area contributed by atoms with E-state index in [9.17, 15) is 19.2 Å².